The van der Waals surface area contributed by atoms with Crippen LogP contribution in [-0.2, 0) is 19.4 Å². The highest BCUT2D eigenvalue weighted by atomic mass is 32.1. The topological polar surface area (TPSA) is 34.0 Å². The first kappa shape index (κ1) is 16.6. The number of rotatable bonds is 4. The second-order valence-corrected chi connectivity index (χ2v) is 8.12. The first-order valence-corrected chi connectivity index (χ1v) is 9.92. The fourth-order valence-corrected chi connectivity index (χ4v) is 5.05. The van der Waals surface area contributed by atoms with Crippen LogP contribution < -0.4 is 9.64 Å². The Kier molecular flexibility index (Phi) is 4.77. The number of amides is 1. The lowest BCUT2D eigenvalue weighted by Crippen LogP contribution is -3.13. The van der Waals surface area contributed by atoms with E-state index >= 15 is 0 Å². The maximum Gasteiger partial charge on any atom is 0.264 e. The summed E-state index contributed by atoms with van der Waals surface area (Å²) in [5, 5.41) is 0. The summed E-state index contributed by atoms with van der Waals surface area (Å²) in [5.74, 6) is 1.14. The molecule has 1 aromatic heterocycles. The van der Waals surface area contributed by atoms with E-state index in [9.17, 15) is 4.79 Å². The van der Waals surface area contributed by atoms with Crippen LogP contribution in [0.5, 0.6) is 5.75 Å². The molecule has 5 heteroatoms. The molecule has 0 saturated carbocycles. The van der Waals surface area contributed by atoms with E-state index in [1.165, 1.54) is 22.4 Å². The zero-order valence-corrected chi connectivity index (χ0v) is 15.5. The number of quaternary nitrogens is 1. The van der Waals surface area contributed by atoms with E-state index in [2.05, 4.69) is 18.2 Å². The monoisotopic (exact) mass is 357 g/mol. The zero-order chi connectivity index (χ0) is 17.2. The maximum atomic E-state index is 12.8. The summed E-state index contributed by atoms with van der Waals surface area (Å²) in [7, 11) is 1.69. The predicted molar refractivity (Wildman–Crippen MR) is 99.6 cm³/mol. The van der Waals surface area contributed by atoms with Crippen molar-refractivity contribution >= 4 is 17.2 Å². The average Bonchev–Trinajstić information content (AvgIpc) is 3.24. The summed E-state index contributed by atoms with van der Waals surface area (Å²) < 4.78 is 5.21. The van der Waals surface area contributed by atoms with Crippen molar-refractivity contribution in [3.8, 4) is 5.75 Å². The van der Waals surface area contributed by atoms with Crippen molar-refractivity contribution in [2.24, 2.45) is 0 Å². The number of carbonyl (C=O) groups is 1. The normalized spacial score (nSPS) is 17.6. The Labute approximate surface area is 153 Å². The fraction of sp³-hybridized carbons (Fsp3) is 0.450. The van der Waals surface area contributed by atoms with Gasteiger partial charge in [0, 0.05) is 10.4 Å². The van der Waals surface area contributed by atoms with E-state index in [1.807, 2.05) is 17.0 Å². The number of piperazine rings is 1. The first-order chi connectivity index (χ1) is 12.2. The summed E-state index contributed by atoms with van der Waals surface area (Å²) in [6.45, 7) is 4.75. The summed E-state index contributed by atoms with van der Waals surface area (Å²) in [6, 6.07) is 10.5. The molecule has 25 heavy (non-hydrogen) atoms. The average molecular weight is 357 g/mol. The lowest BCUT2D eigenvalue weighted by Gasteiger charge is -2.32. The number of nitrogens with zero attached hydrogens (tertiary/aromatic N) is 1. The number of hydrogen-bond acceptors (Lipinski definition) is 3. The van der Waals surface area contributed by atoms with E-state index in [4.69, 9.17) is 4.74 Å². The van der Waals surface area contributed by atoms with Crippen LogP contribution in [-0.4, -0.2) is 44.1 Å². The lowest BCUT2D eigenvalue weighted by molar-refractivity contribution is -0.917. The quantitative estimate of drug-likeness (QED) is 0.905. The van der Waals surface area contributed by atoms with Crippen molar-refractivity contribution in [1.29, 1.82) is 0 Å². The molecule has 1 N–H and O–H groups in total. The third-order valence-electron chi connectivity index (χ3n) is 5.33. The third kappa shape index (κ3) is 3.58. The first-order valence-electron chi connectivity index (χ1n) is 9.10. The molecule has 2 aliphatic rings. The number of ether oxygens (including phenoxy) is 1. The summed E-state index contributed by atoms with van der Waals surface area (Å²) in [6.07, 6.45) is 3.56. The number of hydrogen-bond donors (Lipinski definition) is 1. The number of methoxy groups -OCH3 is 1. The number of benzene rings is 1. The molecule has 1 aliphatic carbocycles. The van der Waals surface area contributed by atoms with Gasteiger partial charge in [-0.05, 0) is 55.2 Å². The predicted octanol–water partition coefficient (Wildman–Crippen LogP) is 1.79. The molecular weight excluding hydrogens is 332 g/mol. The largest absolute Gasteiger partial charge is 0.497 e. The van der Waals surface area contributed by atoms with Crippen molar-refractivity contribution in [3.05, 3.63) is 51.2 Å². The highest BCUT2D eigenvalue weighted by Gasteiger charge is 2.27. The molecule has 1 fully saturated rings. The Morgan fingerprint density at radius 1 is 1.20 bits per heavy atom. The molecule has 2 aromatic rings. The summed E-state index contributed by atoms with van der Waals surface area (Å²) >= 11 is 1.72. The summed E-state index contributed by atoms with van der Waals surface area (Å²) in [4.78, 5) is 18.7. The smallest absolute Gasteiger partial charge is 0.264 e. The standard InChI is InChI=1S/C20H24N2O2S/c1-24-17-7-5-15(6-8-17)14-21-9-11-22(12-10-21)20(23)19-13-16-3-2-4-18(16)25-19/h5-8,13H,2-4,9-12,14H2,1H3/p+1. The van der Waals surface area contributed by atoms with Crippen LogP contribution in [0.1, 0.15) is 32.1 Å². The molecule has 1 saturated heterocycles. The molecule has 1 aromatic carbocycles. The number of aryl methyl sites for hydroxylation is 2. The van der Waals surface area contributed by atoms with Gasteiger partial charge >= 0.3 is 0 Å². The molecule has 4 rings (SSSR count). The van der Waals surface area contributed by atoms with Gasteiger partial charge in [0.05, 0.1) is 38.2 Å². The Bertz CT molecular complexity index is 724. The van der Waals surface area contributed by atoms with Gasteiger partial charge in [0.25, 0.3) is 5.91 Å². The minimum absolute atomic E-state index is 0.239. The molecule has 0 radical (unpaired) electrons. The van der Waals surface area contributed by atoms with Crippen molar-refractivity contribution in [2.75, 3.05) is 33.3 Å². The van der Waals surface area contributed by atoms with E-state index in [-0.39, 0.29) is 5.91 Å². The Hall–Kier alpha value is -1.85. The van der Waals surface area contributed by atoms with E-state index < -0.39 is 0 Å². The Morgan fingerprint density at radius 2 is 1.96 bits per heavy atom. The Morgan fingerprint density at radius 3 is 2.64 bits per heavy atom. The van der Waals surface area contributed by atoms with Gasteiger partial charge in [0.1, 0.15) is 12.3 Å². The van der Waals surface area contributed by atoms with Gasteiger partial charge < -0.3 is 14.5 Å². The molecule has 0 bridgehead atoms. The van der Waals surface area contributed by atoms with Crippen LogP contribution in [0.2, 0.25) is 0 Å². The minimum atomic E-state index is 0.239. The maximum absolute atomic E-state index is 12.8. The lowest BCUT2D eigenvalue weighted by atomic mass is 10.2. The van der Waals surface area contributed by atoms with Crippen molar-refractivity contribution in [2.45, 2.75) is 25.8 Å². The van der Waals surface area contributed by atoms with Crippen molar-refractivity contribution < 1.29 is 14.4 Å². The number of carbonyl (C=O) groups excluding carboxylic acids is 1. The molecule has 1 aliphatic heterocycles. The zero-order valence-electron chi connectivity index (χ0n) is 14.7. The molecule has 0 atom stereocenters. The molecule has 0 spiro atoms. The van der Waals surface area contributed by atoms with Gasteiger partial charge in [-0.15, -0.1) is 11.3 Å². The van der Waals surface area contributed by atoms with Crippen LogP contribution in [0.3, 0.4) is 0 Å². The van der Waals surface area contributed by atoms with E-state index in [0.717, 1.165) is 56.2 Å². The van der Waals surface area contributed by atoms with Crippen LogP contribution >= 0.6 is 11.3 Å². The molecule has 1 amide bonds. The van der Waals surface area contributed by atoms with Gasteiger partial charge in [-0.3, -0.25) is 4.79 Å². The van der Waals surface area contributed by atoms with E-state index in [0.29, 0.717) is 0 Å². The van der Waals surface area contributed by atoms with E-state index in [1.54, 1.807) is 23.3 Å². The third-order valence-corrected chi connectivity index (χ3v) is 6.55. The molecule has 4 nitrogen and oxygen atoms in total. The van der Waals surface area contributed by atoms with Crippen LogP contribution in [0.4, 0.5) is 0 Å². The highest BCUT2D eigenvalue weighted by molar-refractivity contribution is 7.14. The minimum Gasteiger partial charge on any atom is -0.497 e. The van der Waals surface area contributed by atoms with Crippen LogP contribution in [0.15, 0.2) is 30.3 Å². The Balaban J connectivity index is 1.32. The molecule has 0 unspecified atom stereocenters. The summed E-state index contributed by atoms with van der Waals surface area (Å²) in [5.41, 5.74) is 2.74. The molecule has 132 valence electrons. The molecular formula is C20H25N2O2S+. The van der Waals surface area contributed by atoms with Crippen LogP contribution in [0.25, 0.3) is 0 Å². The molecule has 2 heterocycles. The number of thiophene rings is 1. The van der Waals surface area contributed by atoms with Gasteiger partial charge in [-0.1, -0.05) is 0 Å². The van der Waals surface area contributed by atoms with Gasteiger partial charge in [-0.25, -0.2) is 0 Å². The fourth-order valence-electron chi connectivity index (χ4n) is 3.83. The van der Waals surface area contributed by atoms with Gasteiger partial charge in [-0.2, -0.15) is 0 Å². The number of fused-ring (bicyclic) bond motifs is 1. The van der Waals surface area contributed by atoms with Crippen molar-refractivity contribution in [1.82, 2.24) is 4.90 Å². The SMILES string of the molecule is COc1ccc(C[NH+]2CCN(C(=O)c3cc4c(s3)CCC4)CC2)cc1. The highest BCUT2D eigenvalue weighted by Crippen LogP contribution is 2.31. The van der Waals surface area contributed by atoms with Gasteiger partial charge in [0.2, 0.25) is 0 Å². The van der Waals surface area contributed by atoms with Gasteiger partial charge in [0.15, 0.2) is 0 Å². The van der Waals surface area contributed by atoms with Crippen molar-refractivity contribution in [3.63, 3.8) is 0 Å². The second kappa shape index (κ2) is 7.18. The number of nitrogens with one attached hydrogen (secondary N) is 1. The second-order valence-electron chi connectivity index (χ2n) is 6.98. The van der Waals surface area contributed by atoms with Crippen LogP contribution in [0, 0.1) is 0 Å².